The molecular weight excluding hydrogens is 260 g/mol. The maximum Gasteiger partial charge on any atom is 0.233 e. The largest absolute Gasteiger partial charge is 0.301 e. The van der Waals surface area contributed by atoms with Gasteiger partial charge < -0.3 is 5.32 Å². The lowest BCUT2D eigenvalue weighted by Gasteiger charge is -2.10. The Labute approximate surface area is 115 Å². The lowest BCUT2D eigenvalue weighted by Crippen LogP contribution is -2.18. The van der Waals surface area contributed by atoms with Gasteiger partial charge in [0.1, 0.15) is 5.69 Å². The molecule has 0 aliphatic heterocycles. The highest BCUT2D eigenvalue weighted by Gasteiger charge is 2.16. The van der Waals surface area contributed by atoms with Gasteiger partial charge in [0, 0.05) is 12.3 Å². The van der Waals surface area contributed by atoms with Crippen molar-refractivity contribution >= 4 is 28.2 Å². The zero-order chi connectivity index (χ0) is 13.8. The summed E-state index contributed by atoms with van der Waals surface area (Å²) in [5.74, 6) is -0.491. The number of hydrogen-bond acceptors (Lipinski definition) is 4. The Morgan fingerprint density at radius 1 is 1.26 bits per heavy atom. The molecule has 0 spiro atoms. The zero-order valence-electron chi connectivity index (χ0n) is 10.7. The second-order valence-corrected chi connectivity index (χ2v) is 5.07. The van der Waals surface area contributed by atoms with Crippen LogP contribution in [0, 0.1) is 0 Å². The van der Waals surface area contributed by atoms with E-state index in [-0.39, 0.29) is 17.6 Å². The highest BCUT2D eigenvalue weighted by molar-refractivity contribution is 7.14. The Bertz CT molecular complexity index is 593. The van der Waals surface area contributed by atoms with E-state index in [2.05, 4.69) is 10.3 Å². The van der Waals surface area contributed by atoms with E-state index in [9.17, 15) is 9.59 Å². The first-order chi connectivity index (χ1) is 9.08. The van der Waals surface area contributed by atoms with Crippen molar-refractivity contribution in [3.05, 3.63) is 47.0 Å². The smallest absolute Gasteiger partial charge is 0.233 e. The third-order valence-electron chi connectivity index (χ3n) is 2.79. The standard InChI is InChI=1S/C14H14N2O2S/c1-9(11-6-4-3-5-7-11)13(18)16-14-15-12(8-19-14)10(2)17/h3-9H,1-2H3,(H,15,16,18). The van der Waals surface area contributed by atoms with Crippen LogP contribution in [0.25, 0.3) is 0 Å². The van der Waals surface area contributed by atoms with Crippen LogP contribution in [0.1, 0.15) is 35.8 Å². The van der Waals surface area contributed by atoms with Crippen molar-refractivity contribution in [3.63, 3.8) is 0 Å². The van der Waals surface area contributed by atoms with E-state index < -0.39 is 0 Å². The fourth-order valence-electron chi connectivity index (χ4n) is 1.60. The Hall–Kier alpha value is -2.01. The molecule has 0 bridgehead atoms. The van der Waals surface area contributed by atoms with Crippen LogP contribution >= 0.6 is 11.3 Å². The van der Waals surface area contributed by atoms with E-state index in [1.807, 2.05) is 37.3 Å². The van der Waals surface area contributed by atoms with Crippen molar-refractivity contribution < 1.29 is 9.59 Å². The summed E-state index contributed by atoms with van der Waals surface area (Å²) in [5, 5.41) is 4.83. The van der Waals surface area contributed by atoms with Crippen LogP contribution in [-0.4, -0.2) is 16.7 Å². The third kappa shape index (κ3) is 3.26. The first kappa shape index (κ1) is 13.4. The molecule has 1 N–H and O–H groups in total. The van der Waals surface area contributed by atoms with Crippen molar-refractivity contribution in [2.24, 2.45) is 0 Å². The van der Waals surface area contributed by atoms with Crippen LogP contribution in [0.2, 0.25) is 0 Å². The van der Waals surface area contributed by atoms with Gasteiger partial charge in [-0.3, -0.25) is 9.59 Å². The molecule has 0 saturated heterocycles. The maximum atomic E-state index is 12.1. The fourth-order valence-corrected chi connectivity index (χ4v) is 2.35. The second kappa shape index (κ2) is 5.75. The van der Waals surface area contributed by atoms with Gasteiger partial charge in [-0.05, 0) is 12.5 Å². The van der Waals surface area contributed by atoms with Gasteiger partial charge >= 0.3 is 0 Å². The molecule has 0 saturated carbocycles. The van der Waals surface area contributed by atoms with Crippen molar-refractivity contribution in [1.29, 1.82) is 0 Å². The van der Waals surface area contributed by atoms with Crippen molar-refractivity contribution in [2.45, 2.75) is 19.8 Å². The van der Waals surface area contributed by atoms with Crippen LogP contribution in [0.5, 0.6) is 0 Å². The lowest BCUT2D eigenvalue weighted by atomic mass is 10.0. The number of aromatic nitrogens is 1. The van der Waals surface area contributed by atoms with E-state index in [4.69, 9.17) is 0 Å². The molecule has 1 aromatic carbocycles. The minimum atomic E-state index is -0.258. The summed E-state index contributed by atoms with van der Waals surface area (Å²) in [7, 11) is 0. The first-order valence-corrected chi connectivity index (χ1v) is 6.78. The number of hydrogen-bond donors (Lipinski definition) is 1. The number of amides is 1. The number of nitrogens with zero attached hydrogens (tertiary/aromatic N) is 1. The quantitative estimate of drug-likeness (QED) is 0.872. The molecule has 1 aromatic heterocycles. The number of anilines is 1. The highest BCUT2D eigenvalue weighted by atomic mass is 32.1. The van der Waals surface area contributed by atoms with Crippen LogP contribution in [0.4, 0.5) is 5.13 Å². The fraction of sp³-hybridized carbons (Fsp3) is 0.214. The van der Waals surface area contributed by atoms with Crippen LogP contribution in [0.15, 0.2) is 35.7 Å². The first-order valence-electron chi connectivity index (χ1n) is 5.90. The molecule has 1 amide bonds. The van der Waals surface area contributed by atoms with E-state index >= 15 is 0 Å². The van der Waals surface area contributed by atoms with Gasteiger partial charge in [-0.2, -0.15) is 0 Å². The SMILES string of the molecule is CC(=O)c1csc(NC(=O)C(C)c2ccccc2)n1. The maximum absolute atomic E-state index is 12.1. The summed E-state index contributed by atoms with van der Waals surface area (Å²) in [6.07, 6.45) is 0. The van der Waals surface area contributed by atoms with Gasteiger partial charge in [0.25, 0.3) is 0 Å². The van der Waals surface area contributed by atoms with E-state index in [0.717, 1.165) is 5.56 Å². The molecule has 1 unspecified atom stereocenters. The molecule has 19 heavy (non-hydrogen) atoms. The number of thiazole rings is 1. The molecule has 0 radical (unpaired) electrons. The monoisotopic (exact) mass is 274 g/mol. The number of benzene rings is 1. The van der Waals surface area contributed by atoms with E-state index in [1.165, 1.54) is 18.3 Å². The summed E-state index contributed by atoms with van der Waals surface area (Å²) in [4.78, 5) is 27.3. The molecule has 1 atom stereocenters. The van der Waals surface area contributed by atoms with Crippen molar-refractivity contribution in [3.8, 4) is 0 Å². The summed E-state index contributed by atoms with van der Waals surface area (Å²) < 4.78 is 0. The van der Waals surface area contributed by atoms with Crippen molar-refractivity contribution in [1.82, 2.24) is 4.98 Å². The minimum Gasteiger partial charge on any atom is -0.301 e. The molecule has 0 fully saturated rings. The zero-order valence-corrected chi connectivity index (χ0v) is 11.5. The van der Waals surface area contributed by atoms with Crippen LogP contribution in [-0.2, 0) is 4.79 Å². The van der Waals surface area contributed by atoms with Crippen molar-refractivity contribution in [2.75, 3.05) is 5.32 Å². The molecule has 2 aromatic rings. The summed E-state index contributed by atoms with van der Waals surface area (Å²) >= 11 is 1.25. The minimum absolute atomic E-state index is 0.104. The number of Topliss-reactive ketones (excluding diaryl/α,β-unsaturated/α-hetero) is 1. The molecule has 4 nitrogen and oxygen atoms in total. The molecule has 98 valence electrons. The average molecular weight is 274 g/mol. The second-order valence-electron chi connectivity index (χ2n) is 4.22. The predicted molar refractivity (Wildman–Crippen MR) is 75.6 cm³/mol. The lowest BCUT2D eigenvalue weighted by molar-refractivity contribution is -0.117. The van der Waals surface area contributed by atoms with Crippen LogP contribution < -0.4 is 5.32 Å². The molecule has 0 aliphatic carbocycles. The molecule has 0 aliphatic rings. The van der Waals surface area contributed by atoms with Gasteiger partial charge in [0.15, 0.2) is 10.9 Å². The summed E-state index contributed by atoms with van der Waals surface area (Å²) in [5.41, 5.74) is 1.33. The van der Waals surface area contributed by atoms with Gasteiger partial charge in [0.05, 0.1) is 5.92 Å². The Morgan fingerprint density at radius 3 is 2.53 bits per heavy atom. The van der Waals surface area contributed by atoms with Gasteiger partial charge in [-0.1, -0.05) is 30.3 Å². The highest BCUT2D eigenvalue weighted by Crippen LogP contribution is 2.20. The molecular formula is C14H14N2O2S. The normalized spacial score (nSPS) is 11.9. The Kier molecular flexibility index (Phi) is 4.06. The molecule has 5 heteroatoms. The Balaban J connectivity index is 2.06. The molecule has 1 heterocycles. The third-order valence-corrected chi connectivity index (χ3v) is 3.55. The van der Waals surface area contributed by atoms with Crippen LogP contribution in [0.3, 0.4) is 0 Å². The van der Waals surface area contributed by atoms with E-state index in [1.54, 1.807) is 5.38 Å². The number of rotatable bonds is 4. The predicted octanol–water partition coefficient (Wildman–Crippen LogP) is 3.09. The summed E-state index contributed by atoms with van der Waals surface area (Å²) in [6.45, 7) is 3.29. The number of ketones is 1. The number of carbonyl (C=O) groups excluding carboxylic acids is 2. The van der Waals surface area contributed by atoms with Gasteiger partial charge in [0.2, 0.25) is 5.91 Å². The Morgan fingerprint density at radius 2 is 1.95 bits per heavy atom. The number of nitrogens with one attached hydrogen (secondary N) is 1. The molecule has 2 rings (SSSR count). The number of carbonyl (C=O) groups is 2. The summed E-state index contributed by atoms with van der Waals surface area (Å²) in [6, 6.07) is 9.53. The van der Waals surface area contributed by atoms with Gasteiger partial charge in [-0.15, -0.1) is 11.3 Å². The van der Waals surface area contributed by atoms with E-state index in [0.29, 0.717) is 10.8 Å². The van der Waals surface area contributed by atoms with Gasteiger partial charge in [-0.25, -0.2) is 4.98 Å². The topological polar surface area (TPSA) is 59.1 Å². The average Bonchev–Trinajstić information content (AvgIpc) is 2.87.